The summed E-state index contributed by atoms with van der Waals surface area (Å²) in [6.07, 6.45) is 5.04. The van der Waals surface area contributed by atoms with Crippen LogP contribution in [-0.4, -0.2) is 63.6 Å². The average molecular weight is 325 g/mol. The molecule has 2 aliphatic rings. The Morgan fingerprint density at radius 3 is 2.17 bits per heavy atom. The molecule has 5 nitrogen and oxygen atoms in total. The number of nitrogens with zero attached hydrogens (tertiary/aromatic N) is 2. The van der Waals surface area contributed by atoms with E-state index in [9.17, 15) is 9.59 Å². The van der Waals surface area contributed by atoms with Crippen molar-refractivity contribution >= 4 is 27.6 Å². The molecule has 1 saturated heterocycles. The van der Waals surface area contributed by atoms with Gasteiger partial charge in [0.25, 0.3) is 0 Å². The number of allylic oxidation sites excluding steroid dienone is 3. The van der Waals surface area contributed by atoms with Crippen LogP contribution in [-0.2, 0) is 4.79 Å². The van der Waals surface area contributed by atoms with E-state index in [-0.39, 0.29) is 11.3 Å². The topological polar surface area (TPSA) is 66.6 Å². The van der Waals surface area contributed by atoms with Gasteiger partial charge in [-0.25, -0.2) is 4.79 Å². The molecule has 0 bridgehead atoms. The highest BCUT2D eigenvalue weighted by molar-refractivity contribution is 6.42. The van der Waals surface area contributed by atoms with Gasteiger partial charge < -0.3 is 15.5 Å². The SMILES string of the molecule is [B]C1([B])CCC(C)(C)C(/C=C/C(=O)N2CCN(C(N)=O)CC2)=C1C. The summed E-state index contributed by atoms with van der Waals surface area (Å²) in [5.41, 5.74) is 7.16. The van der Waals surface area contributed by atoms with E-state index in [1.165, 1.54) is 0 Å². The van der Waals surface area contributed by atoms with Crippen LogP contribution in [0.15, 0.2) is 23.3 Å². The van der Waals surface area contributed by atoms with Crippen LogP contribution in [0, 0.1) is 5.41 Å². The van der Waals surface area contributed by atoms with Crippen LogP contribution in [0.3, 0.4) is 0 Å². The lowest BCUT2D eigenvalue weighted by Crippen LogP contribution is -2.51. The monoisotopic (exact) mass is 325 g/mol. The first-order valence-corrected chi connectivity index (χ1v) is 8.35. The maximum Gasteiger partial charge on any atom is 0.314 e. The number of urea groups is 1. The molecule has 0 aromatic heterocycles. The molecule has 0 aromatic carbocycles. The van der Waals surface area contributed by atoms with Gasteiger partial charge in [-0.15, -0.1) is 0 Å². The fourth-order valence-electron chi connectivity index (χ4n) is 3.36. The van der Waals surface area contributed by atoms with Crippen LogP contribution in [0.4, 0.5) is 4.79 Å². The number of primary amides is 1. The van der Waals surface area contributed by atoms with Gasteiger partial charge in [0.05, 0.1) is 15.7 Å². The van der Waals surface area contributed by atoms with Gasteiger partial charge in [-0.1, -0.05) is 37.1 Å². The minimum Gasteiger partial charge on any atom is -0.351 e. The van der Waals surface area contributed by atoms with Gasteiger partial charge >= 0.3 is 6.03 Å². The van der Waals surface area contributed by atoms with E-state index in [4.69, 9.17) is 21.4 Å². The third-order valence-electron chi connectivity index (χ3n) is 5.29. The molecule has 1 aliphatic carbocycles. The van der Waals surface area contributed by atoms with Crippen molar-refractivity contribution in [2.24, 2.45) is 11.1 Å². The second kappa shape index (κ2) is 6.69. The van der Waals surface area contributed by atoms with E-state index in [0.717, 1.165) is 24.0 Å². The van der Waals surface area contributed by atoms with Crippen molar-refractivity contribution in [3.63, 3.8) is 0 Å². The maximum absolute atomic E-state index is 12.4. The molecule has 0 atom stereocenters. The van der Waals surface area contributed by atoms with Crippen LogP contribution in [0.1, 0.15) is 33.6 Å². The molecule has 2 N–H and O–H groups in total. The Hall–Kier alpha value is -1.65. The predicted molar refractivity (Wildman–Crippen MR) is 96.8 cm³/mol. The van der Waals surface area contributed by atoms with Crippen molar-refractivity contribution in [2.75, 3.05) is 26.2 Å². The average Bonchev–Trinajstić information content (AvgIpc) is 2.51. The van der Waals surface area contributed by atoms with Crippen molar-refractivity contribution in [2.45, 2.75) is 38.8 Å². The van der Waals surface area contributed by atoms with Crippen molar-refractivity contribution in [3.8, 4) is 0 Å². The molecule has 4 radical (unpaired) electrons. The van der Waals surface area contributed by atoms with Crippen LogP contribution in [0.2, 0.25) is 5.21 Å². The van der Waals surface area contributed by atoms with Gasteiger partial charge in [-0.05, 0) is 24.3 Å². The Morgan fingerprint density at radius 1 is 1.08 bits per heavy atom. The molecule has 7 heteroatoms. The summed E-state index contributed by atoms with van der Waals surface area (Å²) in [5, 5.41) is -0.814. The second-order valence-electron chi connectivity index (χ2n) is 7.45. The normalized spacial score (nSPS) is 23.6. The summed E-state index contributed by atoms with van der Waals surface area (Å²) in [4.78, 5) is 26.8. The third-order valence-corrected chi connectivity index (χ3v) is 5.29. The minimum absolute atomic E-state index is 0.0617. The molecular formula is C17H25B2N3O2. The molecule has 0 saturated carbocycles. The molecule has 0 unspecified atom stereocenters. The summed E-state index contributed by atoms with van der Waals surface area (Å²) in [7, 11) is 12.3. The number of carbonyl (C=O) groups excluding carboxylic acids is 2. The molecule has 126 valence electrons. The van der Waals surface area contributed by atoms with Crippen molar-refractivity contribution in [1.82, 2.24) is 9.80 Å². The smallest absolute Gasteiger partial charge is 0.314 e. The van der Waals surface area contributed by atoms with E-state index < -0.39 is 11.2 Å². The lowest BCUT2D eigenvalue weighted by molar-refractivity contribution is -0.127. The van der Waals surface area contributed by atoms with Gasteiger partial charge in [0.1, 0.15) is 0 Å². The zero-order chi connectivity index (χ0) is 18.1. The molecule has 0 aromatic rings. The summed E-state index contributed by atoms with van der Waals surface area (Å²) < 4.78 is 0. The molecule has 1 heterocycles. The predicted octanol–water partition coefficient (Wildman–Crippen LogP) is 1.36. The molecule has 0 spiro atoms. The van der Waals surface area contributed by atoms with Crippen LogP contribution < -0.4 is 5.73 Å². The molecule has 1 aliphatic heterocycles. The van der Waals surface area contributed by atoms with E-state index in [2.05, 4.69) is 13.8 Å². The first kappa shape index (κ1) is 18.7. The van der Waals surface area contributed by atoms with Crippen LogP contribution in [0.25, 0.3) is 0 Å². The highest BCUT2D eigenvalue weighted by Crippen LogP contribution is 2.49. The Kier molecular flexibility index (Phi) is 5.21. The highest BCUT2D eigenvalue weighted by atomic mass is 16.2. The Balaban J connectivity index is 2.09. The van der Waals surface area contributed by atoms with Crippen molar-refractivity contribution < 1.29 is 9.59 Å². The van der Waals surface area contributed by atoms with Crippen LogP contribution in [0.5, 0.6) is 0 Å². The molecule has 2 rings (SSSR count). The number of amides is 3. The summed E-state index contributed by atoms with van der Waals surface area (Å²) in [5.74, 6) is -0.0690. The zero-order valence-electron chi connectivity index (χ0n) is 14.8. The highest BCUT2D eigenvalue weighted by Gasteiger charge is 2.35. The lowest BCUT2D eigenvalue weighted by Gasteiger charge is -2.42. The van der Waals surface area contributed by atoms with Gasteiger partial charge in [0.2, 0.25) is 5.91 Å². The molecule has 3 amide bonds. The number of hydrogen-bond acceptors (Lipinski definition) is 2. The zero-order valence-corrected chi connectivity index (χ0v) is 14.8. The minimum atomic E-state index is -0.814. The van der Waals surface area contributed by atoms with Gasteiger partial charge in [-0.3, -0.25) is 4.79 Å². The van der Waals surface area contributed by atoms with Crippen molar-refractivity contribution in [1.29, 1.82) is 0 Å². The second-order valence-corrected chi connectivity index (χ2v) is 7.45. The fraction of sp³-hybridized carbons (Fsp3) is 0.647. The molecule has 24 heavy (non-hydrogen) atoms. The Bertz CT molecular complexity index is 589. The number of hydrogen-bond donors (Lipinski definition) is 1. The third kappa shape index (κ3) is 3.87. The fourth-order valence-corrected chi connectivity index (χ4v) is 3.36. The van der Waals surface area contributed by atoms with Crippen molar-refractivity contribution in [3.05, 3.63) is 23.3 Å². The molecule has 1 fully saturated rings. The standard InChI is InChI=1S/C17H25B2N3O2/c1-12-13(16(2,3)6-7-17(12,18)19)4-5-14(23)21-8-10-22(11-9-21)15(20)24/h4-5H,6-11H2,1-3H3,(H2,20,24)/b5-4+. The van der Waals surface area contributed by atoms with Gasteiger partial charge in [0.15, 0.2) is 0 Å². The molecular weight excluding hydrogens is 300 g/mol. The Labute approximate surface area is 147 Å². The van der Waals surface area contributed by atoms with Gasteiger partial charge in [0, 0.05) is 32.3 Å². The summed E-state index contributed by atoms with van der Waals surface area (Å²) in [6.45, 7) is 8.14. The van der Waals surface area contributed by atoms with Gasteiger partial charge in [-0.2, -0.15) is 0 Å². The number of nitrogens with two attached hydrogens (primary N) is 1. The Morgan fingerprint density at radius 2 is 1.62 bits per heavy atom. The first-order chi connectivity index (χ1) is 11.0. The van der Waals surface area contributed by atoms with Crippen LogP contribution >= 0.6 is 0 Å². The number of piperazine rings is 1. The first-order valence-electron chi connectivity index (χ1n) is 8.35. The van der Waals surface area contributed by atoms with E-state index in [1.807, 2.05) is 13.0 Å². The van der Waals surface area contributed by atoms with E-state index >= 15 is 0 Å². The van der Waals surface area contributed by atoms with E-state index in [1.54, 1.807) is 15.9 Å². The summed E-state index contributed by atoms with van der Waals surface area (Å²) >= 11 is 0. The van der Waals surface area contributed by atoms with E-state index in [0.29, 0.717) is 26.2 Å². The number of carbonyl (C=O) groups is 2. The summed E-state index contributed by atoms with van der Waals surface area (Å²) in [6, 6.07) is -0.440. The maximum atomic E-state index is 12.4. The number of rotatable bonds is 2. The largest absolute Gasteiger partial charge is 0.351 e. The lowest BCUT2D eigenvalue weighted by atomic mass is 9.44. The quantitative estimate of drug-likeness (QED) is 0.615.